The number of aromatic nitrogens is 2. The minimum atomic E-state index is -0.133. The molecular formula is C17H22N4O2. The van der Waals surface area contributed by atoms with E-state index in [-0.39, 0.29) is 11.9 Å². The number of amides is 1. The van der Waals surface area contributed by atoms with Gasteiger partial charge in [0.25, 0.3) is 0 Å². The molecule has 0 aliphatic carbocycles. The fraction of sp³-hybridized carbons (Fsp3) is 0.412. The molecule has 0 bridgehead atoms. The maximum absolute atomic E-state index is 12.5. The van der Waals surface area contributed by atoms with Gasteiger partial charge in [-0.1, -0.05) is 24.3 Å². The molecule has 2 heterocycles. The second-order valence-electron chi connectivity index (χ2n) is 5.94. The molecule has 0 unspecified atom stereocenters. The minimum absolute atomic E-state index is 0.0462. The highest BCUT2D eigenvalue weighted by atomic mass is 16.5. The smallest absolute Gasteiger partial charge is 0.238 e. The summed E-state index contributed by atoms with van der Waals surface area (Å²) in [6.07, 6.45) is 0.746. The zero-order valence-electron chi connectivity index (χ0n) is 13.5. The number of ether oxygens (including phenoxy) is 1. The number of H-pyrrole nitrogens is 1. The maximum atomic E-state index is 12.5. The maximum Gasteiger partial charge on any atom is 0.238 e. The summed E-state index contributed by atoms with van der Waals surface area (Å²) in [6.45, 7) is 1.71. The number of aromatic amines is 1. The van der Waals surface area contributed by atoms with Crippen molar-refractivity contribution in [3.8, 4) is 0 Å². The molecular weight excluding hydrogens is 292 g/mol. The van der Waals surface area contributed by atoms with E-state index in [1.807, 2.05) is 25.2 Å². The Bertz CT molecular complexity index is 683. The van der Waals surface area contributed by atoms with Gasteiger partial charge in [-0.25, -0.2) is 0 Å². The lowest BCUT2D eigenvalue weighted by atomic mass is 9.94. The van der Waals surface area contributed by atoms with Gasteiger partial charge in [0.15, 0.2) is 0 Å². The summed E-state index contributed by atoms with van der Waals surface area (Å²) in [5, 5.41) is 10.0. The van der Waals surface area contributed by atoms with E-state index < -0.39 is 0 Å². The molecule has 0 saturated heterocycles. The Morgan fingerprint density at radius 1 is 1.43 bits per heavy atom. The largest absolute Gasteiger partial charge is 0.378 e. The van der Waals surface area contributed by atoms with Gasteiger partial charge in [0.05, 0.1) is 30.6 Å². The van der Waals surface area contributed by atoms with E-state index >= 15 is 0 Å². The van der Waals surface area contributed by atoms with E-state index in [4.69, 9.17) is 4.74 Å². The van der Waals surface area contributed by atoms with Crippen LogP contribution >= 0.6 is 0 Å². The number of carbonyl (C=O) groups is 1. The molecule has 1 amide bonds. The molecule has 2 aromatic rings. The van der Waals surface area contributed by atoms with Crippen molar-refractivity contribution in [3.63, 3.8) is 0 Å². The van der Waals surface area contributed by atoms with E-state index in [0.717, 1.165) is 24.4 Å². The van der Waals surface area contributed by atoms with Crippen molar-refractivity contribution in [1.82, 2.24) is 20.4 Å². The number of nitrogens with zero attached hydrogens (tertiary/aromatic N) is 2. The monoisotopic (exact) mass is 314 g/mol. The fourth-order valence-electron chi connectivity index (χ4n) is 2.97. The number of nitrogens with one attached hydrogen (secondary N) is 2. The summed E-state index contributed by atoms with van der Waals surface area (Å²) in [7, 11) is 3.62. The van der Waals surface area contributed by atoms with Gasteiger partial charge in [-0.15, -0.1) is 0 Å². The first kappa shape index (κ1) is 15.7. The molecule has 122 valence electrons. The Labute approximate surface area is 135 Å². The highest BCUT2D eigenvalue weighted by Gasteiger charge is 2.28. The lowest BCUT2D eigenvalue weighted by Gasteiger charge is -2.32. The van der Waals surface area contributed by atoms with Crippen molar-refractivity contribution < 1.29 is 9.53 Å². The Morgan fingerprint density at radius 3 is 3.00 bits per heavy atom. The van der Waals surface area contributed by atoms with Gasteiger partial charge >= 0.3 is 0 Å². The van der Waals surface area contributed by atoms with Crippen LogP contribution in [0.3, 0.4) is 0 Å². The molecule has 0 fully saturated rings. The average Bonchev–Trinajstić information content (AvgIpc) is 3.00. The molecule has 2 N–H and O–H groups in total. The predicted molar refractivity (Wildman–Crippen MR) is 86.5 cm³/mol. The van der Waals surface area contributed by atoms with Crippen molar-refractivity contribution in [3.05, 3.63) is 52.8 Å². The lowest BCUT2D eigenvalue weighted by Crippen LogP contribution is -2.48. The standard InChI is InChI=1S/C17H22N4O2/c1-21-10-13-6-4-3-5-12(13)7-16(21)17(22)18-9-14-8-15(11-23-2)20-19-14/h3-6,8,16H,7,9-11H2,1-2H3,(H,18,22)(H,19,20)/t16-/m0/s1. The molecule has 1 atom stereocenters. The van der Waals surface area contributed by atoms with Crippen LogP contribution in [0.15, 0.2) is 30.3 Å². The number of hydrogen-bond donors (Lipinski definition) is 2. The van der Waals surface area contributed by atoms with Gasteiger partial charge in [-0.05, 0) is 30.7 Å². The summed E-state index contributed by atoms with van der Waals surface area (Å²) in [6, 6.07) is 10.1. The first-order chi connectivity index (χ1) is 11.2. The quantitative estimate of drug-likeness (QED) is 0.871. The zero-order valence-corrected chi connectivity index (χ0v) is 13.5. The Balaban J connectivity index is 1.59. The Morgan fingerprint density at radius 2 is 2.22 bits per heavy atom. The van der Waals surface area contributed by atoms with Crippen LogP contribution in [-0.2, 0) is 35.6 Å². The molecule has 1 aliphatic heterocycles. The summed E-state index contributed by atoms with van der Waals surface area (Å²) in [4.78, 5) is 14.6. The van der Waals surface area contributed by atoms with Gasteiger partial charge in [-0.2, -0.15) is 5.10 Å². The van der Waals surface area contributed by atoms with E-state index in [1.54, 1.807) is 7.11 Å². The number of hydrogen-bond acceptors (Lipinski definition) is 4. The highest BCUT2D eigenvalue weighted by Crippen LogP contribution is 2.22. The molecule has 3 rings (SSSR count). The first-order valence-electron chi connectivity index (χ1n) is 7.74. The molecule has 6 heteroatoms. The molecule has 1 aromatic heterocycles. The second-order valence-corrected chi connectivity index (χ2v) is 5.94. The summed E-state index contributed by atoms with van der Waals surface area (Å²) in [5.41, 5.74) is 4.27. The highest BCUT2D eigenvalue weighted by molar-refractivity contribution is 5.82. The molecule has 0 spiro atoms. The Hall–Kier alpha value is -2.18. The van der Waals surface area contributed by atoms with Gasteiger partial charge in [0.1, 0.15) is 0 Å². The molecule has 0 saturated carbocycles. The van der Waals surface area contributed by atoms with Gasteiger partial charge in [-0.3, -0.25) is 14.8 Å². The fourth-order valence-corrected chi connectivity index (χ4v) is 2.97. The van der Waals surface area contributed by atoms with Crippen LogP contribution in [0, 0.1) is 0 Å². The number of rotatable bonds is 5. The molecule has 1 aromatic carbocycles. The number of likely N-dealkylation sites (N-methyl/N-ethyl adjacent to an activating group) is 1. The Kier molecular flexibility index (Phi) is 4.73. The minimum Gasteiger partial charge on any atom is -0.378 e. The van der Waals surface area contributed by atoms with Crippen LogP contribution in [0.4, 0.5) is 0 Å². The van der Waals surface area contributed by atoms with Crippen LogP contribution in [0.25, 0.3) is 0 Å². The zero-order chi connectivity index (χ0) is 16.2. The topological polar surface area (TPSA) is 70.2 Å². The van der Waals surface area contributed by atoms with E-state index in [9.17, 15) is 4.79 Å². The van der Waals surface area contributed by atoms with Crippen LogP contribution in [0.5, 0.6) is 0 Å². The van der Waals surface area contributed by atoms with E-state index in [2.05, 4.69) is 32.5 Å². The number of benzene rings is 1. The third-order valence-electron chi connectivity index (χ3n) is 4.22. The number of fused-ring (bicyclic) bond motifs is 1. The summed E-state index contributed by atoms with van der Waals surface area (Å²) in [5.74, 6) is 0.0462. The van der Waals surface area contributed by atoms with Crippen LogP contribution in [0.2, 0.25) is 0 Å². The van der Waals surface area contributed by atoms with Crippen LogP contribution < -0.4 is 5.32 Å². The van der Waals surface area contributed by atoms with Crippen molar-refractivity contribution in [2.24, 2.45) is 0 Å². The molecule has 6 nitrogen and oxygen atoms in total. The average molecular weight is 314 g/mol. The van der Waals surface area contributed by atoms with E-state index in [0.29, 0.717) is 13.2 Å². The van der Waals surface area contributed by atoms with Crippen molar-refractivity contribution in [1.29, 1.82) is 0 Å². The lowest BCUT2D eigenvalue weighted by molar-refractivity contribution is -0.126. The van der Waals surface area contributed by atoms with Gasteiger partial charge < -0.3 is 10.1 Å². The second kappa shape index (κ2) is 6.93. The third-order valence-corrected chi connectivity index (χ3v) is 4.22. The number of methoxy groups -OCH3 is 1. The van der Waals surface area contributed by atoms with Gasteiger partial charge in [0, 0.05) is 13.7 Å². The molecule has 1 aliphatic rings. The van der Waals surface area contributed by atoms with Gasteiger partial charge in [0.2, 0.25) is 5.91 Å². The van der Waals surface area contributed by atoms with Crippen molar-refractivity contribution in [2.45, 2.75) is 32.2 Å². The first-order valence-corrected chi connectivity index (χ1v) is 7.74. The molecule has 23 heavy (non-hydrogen) atoms. The third kappa shape index (κ3) is 3.60. The van der Waals surface area contributed by atoms with E-state index in [1.165, 1.54) is 11.1 Å². The van der Waals surface area contributed by atoms with Crippen LogP contribution in [0.1, 0.15) is 22.5 Å². The predicted octanol–water partition coefficient (Wildman–Crippen LogP) is 1.23. The van der Waals surface area contributed by atoms with Crippen molar-refractivity contribution in [2.75, 3.05) is 14.2 Å². The van der Waals surface area contributed by atoms with Crippen LogP contribution in [-0.4, -0.2) is 41.2 Å². The summed E-state index contributed by atoms with van der Waals surface area (Å²) >= 11 is 0. The SMILES string of the molecule is COCc1cc(CNC(=O)[C@@H]2Cc3ccccc3CN2C)[nH]n1. The molecule has 0 radical (unpaired) electrons. The number of carbonyl (C=O) groups excluding carboxylic acids is 1. The van der Waals surface area contributed by atoms with Crippen molar-refractivity contribution >= 4 is 5.91 Å². The summed E-state index contributed by atoms with van der Waals surface area (Å²) < 4.78 is 5.03. The normalized spacial score (nSPS) is 17.7.